The number of aromatic nitrogens is 1. The Bertz CT molecular complexity index is 456. The topological polar surface area (TPSA) is 28.2 Å². The molecule has 2 heterocycles. The van der Waals surface area contributed by atoms with E-state index in [0.717, 1.165) is 25.4 Å². The summed E-state index contributed by atoms with van der Waals surface area (Å²) in [6.07, 6.45) is 3.62. The van der Waals surface area contributed by atoms with Gasteiger partial charge in [-0.2, -0.15) is 0 Å². The Labute approximate surface area is 130 Å². The van der Waals surface area contributed by atoms with Crippen molar-refractivity contribution in [2.75, 3.05) is 11.4 Å². The van der Waals surface area contributed by atoms with E-state index in [1.54, 1.807) is 0 Å². The van der Waals surface area contributed by atoms with E-state index >= 15 is 0 Å². The molecule has 1 fully saturated rings. The van der Waals surface area contributed by atoms with Crippen molar-refractivity contribution in [1.29, 1.82) is 0 Å². The van der Waals surface area contributed by atoms with Crippen molar-refractivity contribution >= 4 is 5.82 Å². The summed E-state index contributed by atoms with van der Waals surface area (Å²) in [5.41, 5.74) is 2.56. The molecule has 1 aliphatic heterocycles. The van der Waals surface area contributed by atoms with E-state index in [9.17, 15) is 0 Å². The second-order valence-electron chi connectivity index (χ2n) is 6.90. The Balaban J connectivity index is 2.22. The largest absolute Gasteiger partial charge is 0.354 e. The van der Waals surface area contributed by atoms with Crippen molar-refractivity contribution in [1.82, 2.24) is 10.3 Å². The van der Waals surface area contributed by atoms with Gasteiger partial charge in [0.1, 0.15) is 5.82 Å². The molecular formula is C18H31N3. The fourth-order valence-electron chi connectivity index (χ4n) is 2.99. The molecule has 1 aromatic rings. The van der Waals surface area contributed by atoms with Crippen LogP contribution in [0.1, 0.15) is 58.7 Å². The van der Waals surface area contributed by atoms with Gasteiger partial charge in [-0.3, -0.25) is 0 Å². The lowest BCUT2D eigenvalue weighted by Gasteiger charge is -2.38. The number of hydrogen-bond acceptors (Lipinski definition) is 3. The number of anilines is 1. The van der Waals surface area contributed by atoms with Crippen LogP contribution >= 0.6 is 0 Å². The average Bonchev–Trinajstić information content (AvgIpc) is 2.47. The predicted molar refractivity (Wildman–Crippen MR) is 90.8 cm³/mol. The summed E-state index contributed by atoms with van der Waals surface area (Å²) in [5.74, 6) is 1.94. The monoisotopic (exact) mass is 289 g/mol. The van der Waals surface area contributed by atoms with Crippen molar-refractivity contribution in [3.05, 3.63) is 23.4 Å². The molecule has 0 bridgehead atoms. The molecule has 21 heavy (non-hydrogen) atoms. The van der Waals surface area contributed by atoms with Crippen LogP contribution in [0.15, 0.2) is 12.1 Å². The van der Waals surface area contributed by atoms with Crippen LogP contribution in [0.4, 0.5) is 5.82 Å². The Hall–Kier alpha value is -1.09. The molecule has 0 spiro atoms. The fraction of sp³-hybridized carbons (Fsp3) is 0.722. The van der Waals surface area contributed by atoms with E-state index in [0.29, 0.717) is 12.1 Å². The molecule has 2 rings (SSSR count). The molecule has 0 amide bonds. The molecule has 3 nitrogen and oxygen atoms in total. The second-order valence-corrected chi connectivity index (χ2v) is 6.90. The van der Waals surface area contributed by atoms with Gasteiger partial charge in [0.05, 0.1) is 0 Å². The molecule has 2 unspecified atom stereocenters. The van der Waals surface area contributed by atoms with Crippen LogP contribution in [0.2, 0.25) is 0 Å². The minimum atomic E-state index is 0.514. The predicted octanol–water partition coefficient (Wildman–Crippen LogP) is 3.77. The summed E-state index contributed by atoms with van der Waals surface area (Å²) in [7, 11) is 0. The maximum absolute atomic E-state index is 4.89. The molecule has 0 saturated carbocycles. The Kier molecular flexibility index (Phi) is 5.63. The van der Waals surface area contributed by atoms with Crippen LogP contribution in [-0.2, 0) is 13.0 Å². The molecular weight excluding hydrogens is 258 g/mol. The van der Waals surface area contributed by atoms with Crippen molar-refractivity contribution in [2.45, 2.75) is 72.5 Å². The van der Waals surface area contributed by atoms with Crippen LogP contribution in [-0.4, -0.2) is 23.6 Å². The van der Waals surface area contributed by atoms with Gasteiger partial charge < -0.3 is 10.2 Å². The second kappa shape index (κ2) is 7.26. The van der Waals surface area contributed by atoms with Gasteiger partial charge in [0, 0.05) is 30.9 Å². The number of piperidine rings is 1. The van der Waals surface area contributed by atoms with Crippen molar-refractivity contribution in [3.63, 3.8) is 0 Å². The molecule has 1 aromatic heterocycles. The summed E-state index contributed by atoms with van der Waals surface area (Å²) < 4.78 is 0. The maximum atomic E-state index is 4.89. The van der Waals surface area contributed by atoms with Gasteiger partial charge in [-0.1, -0.05) is 27.7 Å². The lowest BCUT2D eigenvalue weighted by molar-refractivity contribution is 0.388. The molecule has 0 aliphatic carbocycles. The maximum Gasteiger partial charge on any atom is 0.129 e. The number of aryl methyl sites for hydroxylation is 1. The van der Waals surface area contributed by atoms with Crippen LogP contribution in [0.5, 0.6) is 0 Å². The van der Waals surface area contributed by atoms with Gasteiger partial charge >= 0.3 is 0 Å². The van der Waals surface area contributed by atoms with E-state index in [-0.39, 0.29) is 0 Å². The highest BCUT2D eigenvalue weighted by molar-refractivity contribution is 5.44. The van der Waals surface area contributed by atoms with Gasteiger partial charge in [0.2, 0.25) is 0 Å². The third kappa shape index (κ3) is 4.44. The number of nitrogens with zero attached hydrogens (tertiary/aromatic N) is 2. The third-order valence-electron chi connectivity index (χ3n) is 4.41. The first-order valence-corrected chi connectivity index (χ1v) is 8.49. The zero-order chi connectivity index (χ0) is 15.4. The quantitative estimate of drug-likeness (QED) is 0.894. The molecule has 1 aliphatic rings. The molecule has 118 valence electrons. The van der Waals surface area contributed by atoms with Crippen LogP contribution < -0.4 is 10.2 Å². The molecule has 3 heteroatoms. The first kappa shape index (κ1) is 16.3. The normalized spacial score (nSPS) is 22.9. The van der Waals surface area contributed by atoms with E-state index in [1.807, 2.05) is 0 Å². The Morgan fingerprint density at radius 2 is 2.05 bits per heavy atom. The number of rotatable bonds is 5. The first-order valence-electron chi connectivity index (χ1n) is 8.49. The highest BCUT2D eigenvalue weighted by atomic mass is 15.2. The summed E-state index contributed by atoms with van der Waals surface area (Å²) in [5, 5.41) is 3.52. The van der Waals surface area contributed by atoms with E-state index in [2.05, 4.69) is 57.0 Å². The Morgan fingerprint density at radius 3 is 2.71 bits per heavy atom. The highest BCUT2D eigenvalue weighted by Gasteiger charge is 2.24. The fourth-order valence-corrected chi connectivity index (χ4v) is 2.99. The zero-order valence-electron chi connectivity index (χ0n) is 14.3. The molecule has 2 atom stereocenters. The summed E-state index contributed by atoms with van der Waals surface area (Å²) in [6.45, 7) is 13.3. The van der Waals surface area contributed by atoms with Gasteiger partial charge in [-0.05, 0) is 49.8 Å². The lowest BCUT2D eigenvalue weighted by atomic mass is 9.95. The van der Waals surface area contributed by atoms with Gasteiger partial charge in [-0.25, -0.2) is 4.98 Å². The Morgan fingerprint density at radius 1 is 1.29 bits per heavy atom. The third-order valence-corrected chi connectivity index (χ3v) is 4.41. The zero-order valence-corrected chi connectivity index (χ0v) is 14.3. The van der Waals surface area contributed by atoms with Crippen molar-refractivity contribution in [2.24, 2.45) is 5.92 Å². The number of hydrogen-bond donors (Lipinski definition) is 1. The van der Waals surface area contributed by atoms with E-state index in [4.69, 9.17) is 4.98 Å². The first-order chi connectivity index (χ1) is 9.99. The van der Waals surface area contributed by atoms with E-state index in [1.165, 1.54) is 29.9 Å². The van der Waals surface area contributed by atoms with Crippen LogP contribution in [0.25, 0.3) is 0 Å². The van der Waals surface area contributed by atoms with Gasteiger partial charge in [0.15, 0.2) is 0 Å². The van der Waals surface area contributed by atoms with Gasteiger partial charge in [-0.15, -0.1) is 0 Å². The summed E-state index contributed by atoms with van der Waals surface area (Å²) >= 11 is 0. The number of nitrogens with one attached hydrogen (secondary N) is 1. The van der Waals surface area contributed by atoms with Crippen LogP contribution in [0.3, 0.4) is 0 Å². The molecule has 1 N–H and O–H groups in total. The lowest BCUT2D eigenvalue weighted by Crippen LogP contribution is -2.41. The minimum Gasteiger partial charge on any atom is -0.354 e. The standard InChI is InChI=1S/C18H31N3/c1-6-17-9-16(11-19-13(2)3)10-18(20-17)21-12-14(4)7-8-15(21)5/h9-10,13-15,19H,6-8,11-12H2,1-5H3. The minimum absolute atomic E-state index is 0.514. The highest BCUT2D eigenvalue weighted by Crippen LogP contribution is 2.27. The SMILES string of the molecule is CCc1cc(CNC(C)C)cc(N2CC(C)CCC2C)n1. The van der Waals surface area contributed by atoms with Crippen molar-refractivity contribution in [3.8, 4) is 0 Å². The molecule has 0 aromatic carbocycles. The number of pyridine rings is 1. The summed E-state index contributed by atoms with van der Waals surface area (Å²) in [6, 6.07) is 5.65. The summed E-state index contributed by atoms with van der Waals surface area (Å²) in [4.78, 5) is 7.39. The van der Waals surface area contributed by atoms with E-state index < -0.39 is 0 Å². The molecule has 1 saturated heterocycles. The van der Waals surface area contributed by atoms with Gasteiger partial charge in [0.25, 0.3) is 0 Å². The molecule has 0 radical (unpaired) electrons. The average molecular weight is 289 g/mol. The van der Waals surface area contributed by atoms with Crippen molar-refractivity contribution < 1.29 is 0 Å². The smallest absolute Gasteiger partial charge is 0.129 e. The van der Waals surface area contributed by atoms with Crippen LogP contribution in [0, 0.1) is 5.92 Å².